The number of allylic oxidation sites excluding steroid dienone is 1. The molecule has 28 heavy (non-hydrogen) atoms. The van der Waals surface area contributed by atoms with Gasteiger partial charge in [0.1, 0.15) is 17.1 Å². The van der Waals surface area contributed by atoms with Crippen molar-refractivity contribution in [2.45, 2.75) is 0 Å². The van der Waals surface area contributed by atoms with Crippen LogP contribution >= 0.6 is 0 Å². The molecule has 0 unspecified atom stereocenters. The first-order chi connectivity index (χ1) is 13.4. The summed E-state index contributed by atoms with van der Waals surface area (Å²) in [4.78, 5) is 12.7. The van der Waals surface area contributed by atoms with Gasteiger partial charge in [0.25, 0.3) is 0 Å². The zero-order chi connectivity index (χ0) is 20.8. The van der Waals surface area contributed by atoms with Crippen LogP contribution in [0.15, 0.2) is 24.3 Å². The third kappa shape index (κ3) is 3.71. The van der Waals surface area contributed by atoms with E-state index in [0.717, 1.165) is 13.2 Å². The van der Waals surface area contributed by atoms with Gasteiger partial charge in [0.05, 0.1) is 41.1 Å². The molecule has 2 aromatic rings. The molecule has 0 N–H and O–H groups in total. The SMILES string of the molecule is COc1cccc(OC)c1C(=O)/C=C/c1c(OC)c(F)c(OC)c(F)c1OC. The second-order valence-electron chi connectivity index (χ2n) is 5.38. The molecule has 0 bridgehead atoms. The highest BCUT2D eigenvalue weighted by atomic mass is 19.1. The molecule has 0 atom stereocenters. The number of carbonyl (C=O) groups is 1. The molecule has 0 amide bonds. The summed E-state index contributed by atoms with van der Waals surface area (Å²) >= 11 is 0. The van der Waals surface area contributed by atoms with Crippen molar-refractivity contribution in [2.24, 2.45) is 0 Å². The van der Waals surface area contributed by atoms with Crippen molar-refractivity contribution in [3.63, 3.8) is 0 Å². The molecule has 0 saturated carbocycles. The van der Waals surface area contributed by atoms with Crippen molar-refractivity contribution in [1.82, 2.24) is 0 Å². The molecule has 150 valence electrons. The van der Waals surface area contributed by atoms with E-state index in [4.69, 9.17) is 23.7 Å². The summed E-state index contributed by atoms with van der Waals surface area (Å²) < 4.78 is 54.2. The molecule has 0 fully saturated rings. The number of ether oxygens (including phenoxy) is 5. The maximum Gasteiger partial charge on any atom is 0.210 e. The maximum atomic E-state index is 14.5. The Morgan fingerprint density at radius 3 is 1.64 bits per heavy atom. The van der Waals surface area contributed by atoms with Gasteiger partial charge in [-0.3, -0.25) is 4.79 Å². The van der Waals surface area contributed by atoms with Crippen molar-refractivity contribution in [3.05, 3.63) is 47.0 Å². The largest absolute Gasteiger partial charge is 0.496 e. The van der Waals surface area contributed by atoms with Gasteiger partial charge in [-0.25, -0.2) is 0 Å². The molecule has 0 aliphatic heterocycles. The van der Waals surface area contributed by atoms with Gasteiger partial charge in [-0.15, -0.1) is 0 Å². The molecular formula is C20H20F2O6. The monoisotopic (exact) mass is 394 g/mol. The van der Waals surface area contributed by atoms with Crippen LogP contribution in [0.25, 0.3) is 6.08 Å². The zero-order valence-electron chi connectivity index (χ0n) is 16.1. The van der Waals surface area contributed by atoms with E-state index >= 15 is 0 Å². The molecular weight excluding hydrogens is 374 g/mol. The van der Waals surface area contributed by atoms with E-state index in [0.29, 0.717) is 11.5 Å². The van der Waals surface area contributed by atoms with Gasteiger partial charge in [-0.1, -0.05) is 6.07 Å². The van der Waals surface area contributed by atoms with Crippen LogP contribution in [-0.2, 0) is 0 Å². The minimum atomic E-state index is -1.05. The standard InChI is InChI=1S/C20H20F2O6/c1-24-13-7-6-8-14(25-2)15(13)12(23)10-9-11-18(26-3)16(21)20(28-5)17(22)19(11)27-4/h6-10H,1-5H3/b10-9+. The molecule has 2 rings (SSSR count). The van der Waals surface area contributed by atoms with Crippen LogP contribution < -0.4 is 23.7 Å². The number of rotatable bonds is 8. The molecule has 0 radical (unpaired) electrons. The summed E-state index contributed by atoms with van der Waals surface area (Å²) in [6, 6.07) is 4.85. The molecule has 0 aliphatic rings. The Morgan fingerprint density at radius 2 is 1.25 bits per heavy atom. The number of hydrogen-bond acceptors (Lipinski definition) is 6. The van der Waals surface area contributed by atoms with Gasteiger partial charge < -0.3 is 23.7 Å². The summed E-state index contributed by atoms with van der Waals surface area (Å²) in [7, 11) is 6.35. The molecule has 8 heteroatoms. The van der Waals surface area contributed by atoms with E-state index in [1.807, 2.05) is 0 Å². The third-order valence-corrected chi connectivity index (χ3v) is 3.97. The molecule has 0 aromatic heterocycles. The van der Waals surface area contributed by atoms with Gasteiger partial charge >= 0.3 is 0 Å². The number of methoxy groups -OCH3 is 5. The van der Waals surface area contributed by atoms with Crippen LogP contribution in [0.4, 0.5) is 8.78 Å². The lowest BCUT2D eigenvalue weighted by Crippen LogP contribution is -2.04. The topological polar surface area (TPSA) is 63.2 Å². The van der Waals surface area contributed by atoms with E-state index in [1.165, 1.54) is 34.5 Å². The van der Waals surface area contributed by atoms with E-state index in [1.54, 1.807) is 18.2 Å². The number of hydrogen-bond donors (Lipinski definition) is 0. The molecule has 0 spiro atoms. The first kappa shape index (κ1) is 21.0. The average Bonchev–Trinajstić information content (AvgIpc) is 2.71. The summed E-state index contributed by atoms with van der Waals surface area (Å²) in [5.74, 6) is -3.33. The second kappa shape index (κ2) is 9.07. The fourth-order valence-electron chi connectivity index (χ4n) is 2.71. The van der Waals surface area contributed by atoms with Crippen LogP contribution in [0.5, 0.6) is 28.7 Å². The first-order valence-corrected chi connectivity index (χ1v) is 8.05. The fourth-order valence-corrected chi connectivity index (χ4v) is 2.71. The maximum absolute atomic E-state index is 14.5. The normalized spacial score (nSPS) is 10.7. The van der Waals surface area contributed by atoms with Crippen LogP contribution in [0.1, 0.15) is 15.9 Å². The molecule has 0 saturated heterocycles. The smallest absolute Gasteiger partial charge is 0.210 e. The van der Waals surface area contributed by atoms with Crippen molar-refractivity contribution in [3.8, 4) is 28.7 Å². The van der Waals surface area contributed by atoms with Crippen LogP contribution in [0.3, 0.4) is 0 Å². The quantitative estimate of drug-likeness (QED) is 0.500. The summed E-state index contributed by atoms with van der Waals surface area (Å²) in [5, 5.41) is 0. The summed E-state index contributed by atoms with van der Waals surface area (Å²) in [5.41, 5.74) is 0.0687. The predicted octanol–water partition coefficient (Wildman–Crippen LogP) is 3.90. The molecule has 0 aliphatic carbocycles. The summed E-state index contributed by atoms with van der Waals surface area (Å²) in [6.45, 7) is 0. The molecule has 6 nitrogen and oxygen atoms in total. The zero-order valence-corrected chi connectivity index (χ0v) is 16.1. The van der Waals surface area contributed by atoms with E-state index in [2.05, 4.69) is 0 Å². The van der Waals surface area contributed by atoms with Gasteiger partial charge in [0, 0.05) is 0 Å². The fraction of sp³-hybridized carbons (Fsp3) is 0.250. The summed E-state index contributed by atoms with van der Waals surface area (Å²) in [6.07, 6.45) is 2.31. The molecule has 2 aromatic carbocycles. The van der Waals surface area contributed by atoms with E-state index in [9.17, 15) is 13.6 Å². The number of carbonyl (C=O) groups excluding carboxylic acids is 1. The highest BCUT2D eigenvalue weighted by molar-refractivity contribution is 6.10. The van der Waals surface area contributed by atoms with Crippen molar-refractivity contribution in [2.75, 3.05) is 35.5 Å². The van der Waals surface area contributed by atoms with Crippen molar-refractivity contribution < 1.29 is 37.3 Å². The van der Waals surface area contributed by atoms with Crippen LogP contribution in [-0.4, -0.2) is 41.3 Å². The lowest BCUT2D eigenvalue weighted by molar-refractivity contribution is 0.104. The Labute approximate surface area is 161 Å². The Kier molecular flexibility index (Phi) is 6.81. The Morgan fingerprint density at radius 1 is 0.786 bits per heavy atom. The van der Waals surface area contributed by atoms with Crippen molar-refractivity contribution >= 4 is 11.9 Å². The van der Waals surface area contributed by atoms with E-state index in [-0.39, 0.29) is 22.6 Å². The number of halogens is 2. The third-order valence-electron chi connectivity index (χ3n) is 3.97. The Bertz CT molecular complexity index is 855. The number of ketones is 1. The van der Waals surface area contributed by atoms with Gasteiger partial charge in [-0.05, 0) is 24.3 Å². The van der Waals surface area contributed by atoms with Crippen molar-refractivity contribution in [1.29, 1.82) is 0 Å². The number of benzene rings is 2. The van der Waals surface area contributed by atoms with E-state index < -0.39 is 23.2 Å². The highest BCUT2D eigenvalue weighted by Gasteiger charge is 2.26. The second-order valence-corrected chi connectivity index (χ2v) is 5.38. The Hall–Kier alpha value is -3.29. The minimum absolute atomic E-state index is 0.0944. The first-order valence-electron chi connectivity index (χ1n) is 8.05. The lowest BCUT2D eigenvalue weighted by atomic mass is 10.0. The minimum Gasteiger partial charge on any atom is -0.496 e. The van der Waals surface area contributed by atoms with Gasteiger partial charge in [-0.2, -0.15) is 8.78 Å². The van der Waals surface area contributed by atoms with Crippen LogP contribution in [0, 0.1) is 11.6 Å². The average molecular weight is 394 g/mol. The molecule has 0 heterocycles. The lowest BCUT2D eigenvalue weighted by Gasteiger charge is -2.15. The van der Waals surface area contributed by atoms with Gasteiger partial charge in [0.2, 0.25) is 11.6 Å². The van der Waals surface area contributed by atoms with Gasteiger partial charge in [0.15, 0.2) is 23.0 Å². The van der Waals surface area contributed by atoms with Crippen LogP contribution in [0.2, 0.25) is 0 Å². The Balaban J connectivity index is 2.60. The highest BCUT2D eigenvalue weighted by Crippen LogP contribution is 2.42. The predicted molar refractivity (Wildman–Crippen MR) is 98.9 cm³/mol.